The highest BCUT2D eigenvalue weighted by Gasteiger charge is 2.20. The van der Waals surface area contributed by atoms with Crippen molar-refractivity contribution in [2.75, 3.05) is 29.0 Å². The molecule has 5 nitrogen and oxygen atoms in total. The molecule has 0 saturated carbocycles. The summed E-state index contributed by atoms with van der Waals surface area (Å²) in [6.45, 7) is 4.25. The molecule has 26 heavy (non-hydrogen) atoms. The third kappa shape index (κ3) is 3.25. The molecular formula is C21H23N3O2. The highest BCUT2D eigenvalue weighted by Crippen LogP contribution is 2.32. The van der Waals surface area contributed by atoms with Crippen LogP contribution in [-0.2, 0) is 0 Å². The molecule has 2 heterocycles. The largest absolute Gasteiger partial charge is 0.451 e. The van der Waals surface area contributed by atoms with E-state index < -0.39 is 0 Å². The van der Waals surface area contributed by atoms with E-state index in [1.807, 2.05) is 42.5 Å². The van der Waals surface area contributed by atoms with Crippen molar-refractivity contribution < 1.29 is 9.21 Å². The van der Waals surface area contributed by atoms with Gasteiger partial charge in [0.25, 0.3) is 5.91 Å². The van der Waals surface area contributed by atoms with Crippen molar-refractivity contribution in [2.45, 2.75) is 19.8 Å². The number of hydrogen-bond donors (Lipinski definition) is 2. The summed E-state index contributed by atoms with van der Waals surface area (Å²) in [5.74, 6) is 0.777. The average molecular weight is 349 g/mol. The minimum Gasteiger partial charge on any atom is -0.451 e. The van der Waals surface area contributed by atoms with Gasteiger partial charge in [0.05, 0.1) is 11.4 Å². The number of carbonyl (C=O) groups excluding carboxylic acids is 1. The van der Waals surface area contributed by atoms with Gasteiger partial charge in [0.1, 0.15) is 5.58 Å². The van der Waals surface area contributed by atoms with Crippen LogP contribution in [0.2, 0.25) is 0 Å². The molecule has 0 atom stereocenters. The van der Waals surface area contributed by atoms with Gasteiger partial charge in [-0.15, -0.1) is 0 Å². The Balaban J connectivity index is 1.60. The molecule has 1 saturated heterocycles. The van der Waals surface area contributed by atoms with Crippen LogP contribution in [-0.4, -0.2) is 19.0 Å². The number of nitrogens with zero attached hydrogens (tertiary/aromatic N) is 1. The molecule has 0 radical (unpaired) electrons. The molecule has 0 spiro atoms. The number of nitrogens with two attached hydrogens (primary N) is 1. The zero-order chi connectivity index (χ0) is 18.1. The molecule has 3 aromatic rings. The Morgan fingerprint density at radius 3 is 2.69 bits per heavy atom. The number of nitrogens with one attached hydrogen (secondary N) is 1. The Hall–Kier alpha value is -2.95. The van der Waals surface area contributed by atoms with Crippen molar-refractivity contribution in [1.82, 2.24) is 0 Å². The maximum absolute atomic E-state index is 12.7. The molecule has 3 N–H and O–H groups in total. The van der Waals surface area contributed by atoms with Crippen LogP contribution in [0.25, 0.3) is 11.0 Å². The van der Waals surface area contributed by atoms with E-state index in [-0.39, 0.29) is 5.91 Å². The summed E-state index contributed by atoms with van der Waals surface area (Å²) < 4.78 is 5.67. The Morgan fingerprint density at radius 2 is 1.92 bits per heavy atom. The number of anilines is 3. The second kappa shape index (κ2) is 6.75. The Labute approximate surface area is 152 Å². The number of fused-ring (bicyclic) bond motifs is 1. The highest BCUT2D eigenvalue weighted by molar-refractivity contribution is 6.06. The monoisotopic (exact) mass is 349 g/mol. The number of rotatable bonds is 3. The first kappa shape index (κ1) is 16.5. The van der Waals surface area contributed by atoms with Gasteiger partial charge in [-0.1, -0.05) is 25.1 Å². The fourth-order valence-electron chi connectivity index (χ4n) is 3.46. The molecule has 1 aromatic heterocycles. The molecule has 1 aliphatic heterocycles. The maximum atomic E-state index is 12.7. The number of amides is 1. The normalized spacial score (nSPS) is 15.3. The summed E-state index contributed by atoms with van der Waals surface area (Å²) in [5, 5.41) is 3.90. The Morgan fingerprint density at radius 1 is 1.15 bits per heavy atom. The van der Waals surface area contributed by atoms with Crippen LogP contribution in [0, 0.1) is 5.92 Å². The lowest BCUT2D eigenvalue weighted by Gasteiger charge is -2.33. The van der Waals surface area contributed by atoms with Crippen molar-refractivity contribution in [1.29, 1.82) is 0 Å². The molecule has 134 valence electrons. The van der Waals surface area contributed by atoms with Gasteiger partial charge in [-0.2, -0.15) is 0 Å². The van der Waals surface area contributed by atoms with Crippen molar-refractivity contribution in [3.8, 4) is 0 Å². The molecule has 4 rings (SSSR count). The van der Waals surface area contributed by atoms with E-state index in [4.69, 9.17) is 10.2 Å². The predicted octanol–water partition coefficient (Wildman–Crippen LogP) is 4.50. The first-order valence-electron chi connectivity index (χ1n) is 9.04. The van der Waals surface area contributed by atoms with E-state index in [0.29, 0.717) is 17.0 Å². The minimum absolute atomic E-state index is 0.265. The van der Waals surface area contributed by atoms with Crippen molar-refractivity contribution in [3.63, 3.8) is 0 Å². The lowest BCUT2D eigenvalue weighted by Crippen LogP contribution is -2.33. The van der Waals surface area contributed by atoms with Gasteiger partial charge in [-0.25, -0.2) is 0 Å². The first-order chi connectivity index (χ1) is 12.6. The summed E-state index contributed by atoms with van der Waals surface area (Å²) in [7, 11) is 0. The van der Waals surface area contributed by atoms with Crippen LogP contribution >= 0.6 is 0 Å². The molecular weight excluding hydrogens is 326 g/mol. The topological polar surface area (TPSA) is 71.5 Å². The van der Waals surface area contributed by atoms with Crippen LogP contribution in [0.15, 0.2) is 52.9 Å². The predicted molar refractivity (Wildman–Crippen MR) is 106 cm³/mol. The first-order valence-corrected chi connectivity index (χ1v) is 9.04. The average Bonchev–Trinajstić information content (AvgIpc) is 3.07. The third-order valence-electron chi connectivity index (χ3n) is 5.04. The zero-order valence-corrected chi connectivity index (χ0v) is 14.9. The second-order valence-electron chi connectivity index (χ2n) is 7.05. The van der Waals surface area contributed by atoms with E-state index in [9.17, 15) is 4.79 Å². The lowest BCUT2D eigenvalue weighted by atomic mass is 9.98. The van der Waals surface area contributed by atoms with E-state index in [0.717, 1.165) is 48.6 Å². The molecule has 0 bridgehead atoms. The van der Waals surface area contributed by atoms with E-state index in [2.05, 4.69) is 17.1 Å². The molecule has 1 amide bonds. The number of benzene rings is 2. The summed E-state index contributed by atoms with van der Waals surface area (Å²) >= 11 is 0. The van der Waals surface area contributed by atoms with Crippen LogP contribution in [0.4, 0.5) is 17.1 Å². The number of para-hydroxylation sites is 1. The molecule has 2 aromatic carbocycles. The molecule has 0 aliphatic carbocycles. The fourth-order valence-corrected chi connectivity index (χ4v) is 3.46. The lowest BCUT2D eigenvalue weighted by molar-refractivity contribution is 0.0998. The summed E-state index contributed by atoms with van der Waals surface area (Å²) in [6, 6.07) is 15.0. The van der Waals surface area contributed by atoms with Crippen molar-refractivity contribution >= 4 is 33.9 Å². The van der Waals surface area contributed by atoms with Crippen LogP contribution in [0.3, 0.4) is 0 Å². The molecule has 0 unspecified atom stereocenters. The van der Waals surface area contributed by atoms with Crippen LogP contribution in [0.1, 0.15) is 30.3 Å². The smallest absolute Gasteiger partial charge is 0.291 e. The quantitative estimate of drug-likeness (QED) is 0.683. The van der Waals surface area contributed by atoms with E-state index in [1.165, 1.54) is 0 Å². The minimum atomic E-state index is -0.265. The number of nitrogen functional groups attached to an aromatic ring is 1. The summed E-state index contributed by atoms with van der Waals surface area (Å²) in [6.07, 6.45) is 2.31. The Kier molecular flexibility index (Phi) is 4.29. The van der Waals surface area contributed by atoms with Gasteiger partial charge < -0.3 is 20.4 Å². The molecule has 1 fully saturated rings. The van der Waals surface area contributed by atoms with Gasteiger partial charge >= 0.3 is 0 Å². The number of furan rings is 1. The maximum Gasteiger partial charge on any atom is 0.291 e. The fraction of sp³-hybridized carbons (Fsp3) is 0.286. The van der Waals surface area contributed by atoms with Crippen LogP contribution in [0.5, 0.6) is 0 Å². The van der Waals surface area contributed by atoms with E-state index in [1.54, 1.807) is 6.07 Å². The second-order valence-corrected chi connectivity index (χ2v) is 7.05. The summed E-state index contributed by atoms with van der Waals surface area (Å²) in [4.78, 5) is 15.0. The van der Waals surface area contributed by atoms with Crippen molar-refractivity contribution in [3.05, 3.63) is 54.3 Å². The number of carbonyl (C=O) groups is 1. The third-order valence-corrected chi connectivity index (χ3v) is 5.04. The van der Waals surface area contributed by atoms with Gasteiger partial charge in [0, 0.05) is 24.2 Å². The zero-order valence-electron chi connectivity index (χ0n) is 14.9. The summed E-state index contributed by atoms with van der Waals surface area (Å²) in [5.41, 5.74) is 9.03. The highest BCUT2D eigenvalue weighted by atomic mass is 16.3. The van der Waals surface area contributed by atoms with Gasteiger partial charge in [0.2, 0.25) is 0 Å². The van der Waals surface area contributed by atoms with Gasteiger partial charge in [-0.05, 0) is 49.1 Å². The number of piperidine rings is 1. The Bertz CT molecular complexity index is 906. The number of hydrogen-bond acceptors (Lipinski definition) is 4. The van der Waals surface area contributed by atoms with Gasteiger partial charge in [0.15, 0.2) is 5.76 Å². The van der Waals surface area contributed by atoms with Gasteiger partial charge in [-0.3, -0.25) is 4.79 Å². The van der Waals surface area contributed by atoms with Crippen LogP contribution < -0.4 is 16.0 Å². The SMILES string of the molecule is CC1CCN(c2ccc(N)cc2NC(=O)c2cc3ccccc3o2)CC1. The molecule has 1 aliphatic rings. The standard InChI is InChI=1S/C21H23N3O2/c1-14-8-10-24(11-9-14)18-7-6-16(22)13-17(18)23-21(25)20-12-15-4-2-3-5-19(15)26-20/h2-7,12-14H,8-11,22H2,1H3,(H,23,25). The van der Waals surface area contributed by atoms with Crippen molar-refractivity contribution in [2.24, 2.45) is 5.92 Å². The van der Waals surface area contributed by atoms with E-state index >= 15 is 0 Å². The molecule has 5 heteroatoms.